The van der Waals surface area contributed by atoms with E-state index in [2.05, 4.69) is 31.2 Å². The second-order valence-electron chi connectivity index (χ2n) is 7.57. The molecular weight excluding hydrogens is 444 g/mol. The lowest BCUT2D eigenvalue weighted by atomic mass is 10.0. The Balaban J connectivity index is 2.00. The van der Waals surface area contributed by atoms with Crippen molar-refractivity contribution in [2.45, 2.75) is 38.8 Å². The molecule has 1 atom stereocenters. The number of halogens is 3. The third kappa shape index (κ3) is 5.69. The van der Waals surface area contributed by atoms with E-state index in [1.54, 1.807) is 26.8 Å². The van der Waals surface area contributed by atoms with Crippen LogP contribution in [0.2, 0.25) is 0 Å². The first-order valence-corrected chi connectivity index (χ1v) is 9.77. The van der Waals surface area contributed by atoms with Gasteiger partial charge < -0.3 is 10.1 Å². The molecular formula is C21H20BrF2N3O2. The van der Waals surface area contributed by atoms with Crippen LogP contribution in [0.4, 0.5) is 13.6 Å². The van der Waals surface area contributed by atoms with Crippen LogP contribution in [-0.2, 0) is 11.2 Å². The minimum absolute atomic E-state index is 0.0968. The van der Waals surface area contributed by atoms with Crippen LogP contribution in [0.5, 0.6) is 0 Å². The van der Waals surface area contributed by atoms with Gasteiger partial charge in [0.15, 0.2) is 0 Å². The number of carbonyl (C=O) groups is 1. The van der Waals surface area contributed by atoms with Gasteiger partial charge in [0.25, 0.3) is 0 Å². The van der Waals surface area contributed by atoms with Crippen LogP contribution < -0.4 is 5.32 Å². The molecule has 5 nitrogen and oxygen atoms in total. The highest BCUT2D eigenvalue weighted by Gasteiger charge is 2.24. The monoisotopic (exact) mass is 463 g/mol. The summed E-state index contributed by atoms with van der Waals surface area (Å²) in [6, 6.07) is 9.79. The van der Waals surface area contributed by atoms with E-state index in [-0.39, 0.29) is 6.42 Å². The zero-order valence-electron chi connectivity index (χ0n) is 16.2. The van der Waals surface area contributed by atoms with Crippen LogP contribution >= 0.6 is 15.9 Å². The summed E-state index contributed by atoms with van der Waals surface area (Å²) in [5.41, 5.74) is 1.40. The van der Waals surface area contributed by atoms with Gasteiger partial charge in [-0.3, -0.25) is 0 Å². The molecule has 0 fully saturated rings. The van der Waals surface area contributed by atoms with Gasteiger partial charge in [-0.2, -0.15) is 0 Å². The van der Waals surface area contributed by atoms with Crippen LogP contribution in [-0.4, -0.2) is 21.7 Å². The number of fused-ring (bicyclic) bond motifs is 1. The van der Waals surface area contributed by atoms with Gasteiger partial charge in [0, 0.05) is 6.07 Å². The van der Waals surface area contributed by atoms with E-state index in [1.165, 1.54) is 12.1 Å². The molecule has 1 heterocycles. The normalized spacial score (nSPS) is 12.6. The Labute approximate surface area is 175 Å². The zero-order valence-corrected chi connectivity index (χ0v) is 17.8. The molecule has 0 aliphatic heterocycles. The molecule has 3 rings (SSSR count). The van der Waals surface area contributed by atoms with Crippen LogP contribution in [0.25, 0.3) is 11.0 Å². The van der Waals surface area contributed by atoms with E-state index in [0.717, 1.165) is 6.07 Å². The van der Waals surface area contributed by atoms with Gasteiger partial charge >= 0.3 is 6.09 Å². The van der Waals surface area contributed by atoms with Crippen molar-refractivity contribution in [2.75, 3.05) is 0 Å². The number of aromatic nitrogens is 2. The number of alkyl carbamates (subject to hydrolysis) is 1. The average molecular weight is 464 g/mol. The molecule has 1 aromatic heterocycles. The molecule has 2 aromatic carbocycles. The van der Waals surface area contributed by atoms with Crippen molar-refractivity contribution in [1.29, 1.82) is 0 Å². The molecule has 0 saturated heterocycles. The summed E-state index contributed by atoms with van der Waals surface area (Å²) >= 11 is 3.40. The summed E-state index contributed by atoms with van der Waals surface area (Å²) in [5, 5.41) is 2.74. The quantitative estimate of drug-likeness (QED) is 0.556. The standard InChI is InChI=1S/C21H20BrF2N3O2/c1-21(2,3)29-20(28)27-17(10-12-8-13(23)11-14(24)9-12)18-19(22)26-16-7-5-4-6-15(16)25-18/h4-9,11,17H,10H2,1-3H3,(H,27,28)/t17-/m1/s1. The van der Waals surface area contributed by atoms with E-state index in [1.807, 2.05) is 18.2 Å². The van der Waals surface area contributed by atoms with Crippen molar-refractivity contribution in [2.24, 2.45) is 0 Å². The Morgan fingerprint density at radius 1 is 1.10 bits per heavy atom. The van der Waals surface area contributed by atoms with E-state index in [4.69, 9.17) is 4.74 Å². The van der Waals surface area contributed by atoms with E-state index in [0.29, 0.717) is 26.9 Å². The molecule has 8 heteroatoms. The molecule has 152 valence electrons. The minimum atomic E-state index is -0.725. The number of carbonyl (C=O) groups excluding carboxylic acids is 1. The molecule has 0 spiro atoms. The molecule has 0 bridgehead atoms. The molecule has 0 radical (unpaired) electrons. The van der Waals surface area contributed by atoms with E-state index >= 15 is 0 Å². The minimum Gasteiger partial charge on any atom is -0.444 e. The van der Waals surface area contributed by atoms with Gasteiger partial charge in [-0.15, -0.1) is 0 Å². The number of rotatable bonds is 4. The Bertz CT molecular complexity index is 1030. The van der Waals surface area contributed by atoms with Crippen molar-refractivity contribution in [1.82, 2.24) is 15.3 Å². The third-order valence-corrected chi connectivity index (χ3v) is 4.52. The number of nitrogens with zero attached hydrogens (tertiary/aromatic N) is 2. The molecule has 0 aliphatic carbocycles. The second kappa shape index (κ2) is 8.41. The van der Waals surface area contributed by atoms with E-state index < -0.39 is 29.4 Å². The lowest BCUT2D eigenvalue weighted by molar-refractivity contribution is 0.0502. The number of benzene rings is 2. The fourth-order valence-electron chi connectivity index (χ4n) is 2.84. The molecule has 1 N–H and O–H groups in total. The summed E-state index contributed by atoms with van der Waals surface area (Å²) in [7, 11) is 0. The molecule has 29 heavy (non-hydrogen) atoms. The van der Waals surface area contributed by atoms with Gasteiger partial charge in [0.2, 0.25) is 0 Å². The predicted octanol–water partition coefficient (Wildman–Crippen LogP) is 5.48. The summed E-state index contributed by atoms with van der Waals surface area (Å²) in [6.45, 7) is 5.24. The van der Waals surface area contributed by atoms with Gasteiger partial charge in [-0.25, -0.2) is 23.5 Å². The number of hydrogen-bond donors (Lipinski definition) is 1. The first-order valence-electron chi connectivity index (χ1n) is 8.97. The maximum atomic E-state index is 13.7. The summed E-state index contributed by atoms with van der Waals surface area (Å²) in [4.78, 5) is 21.5. The fraction of sp³-hybridized carbons (Fsp3) is 0.286. The molecule has 0 unspecified atom stereocenters. The Morgan fingerprint density at radius 3 is 2.28 bits per heavy atom. The Kier molecular flexibility index (Phi) is 6.12. The largest absolute Gasteiger partial charge is 0.444 e. The van der Waals surface area contributed by atoms with Crippen LogP contribution in [0.1, 0.15) is 38.1 Å². The smallest absolute Gasteiger partial charge is 0.408 e. The number of para-hydroxylation sites is 2. The fourth-order valence-corrected chi connectivity index (χ4v) is 3.40. The summed E-state index contributed by atoms with van der Waals surface area (Å²) in [6.07, 6.45) is -0.569. The van der Waals surface area contributed by atoms with Crippen molar-refractivity contribution in [3.63, 3.8) is 0 Å². The van der Waals surface area contributed by atoms with Gasteiger partial charge in [-0.1, -0.05) is 12.1 Å². The second-order valence-corrected chi connectivity index (χ2v) is 8.32. The molecule has 0 saturated carbocycles. The average Bonchev–Trinajstić information content (AvgIpc) is 2.58. The SMILES string of the molecule is CC(C)(C)OC(=O)N[C@H](Cc1cc(F)cc(F)c1)c1nc2ccccc2nc1Br. The predicted molar refractivity (Wildman–Crippen MR) is 109 cm³/mol. The van der Waals surface area contributed by atoms with Crippen molar-refractivity contribution in [3.8, 4) is 0 Å². The lowest BCUT2D eigenvalue weighted by Gasteiger charge is -2.24. The lowest BCUT2D eigenvalue weighted by Crippen LogP contribution is -2.36. The summed E-state index contributed by atoms with van der Waals surface area (Å²) in [5.74, 6) is -1.39. The highest BCUT2D eigenvalue weighted by atomic mass is 79.9. The summed E-state index contributed by atoms with van der Waals surface area (Å²) < 4.78 is 33.1. The highest BCUT2D eigenvalue weighted by Crippen LogP contribution is 2.27. The number of ether oxygens (including phenoxy) is 1. The van der Waals surface area contributed by atoms with Crippen molar-refractivity contribution >= 4 is 33.1 Å². The maximum absolute atomic E-state index is 13.7. The van der Waals surface area contributed by atoms with Gasteiger partial charge in [0.1, 0.15) is 21.8 Å². The Hall–Kier alpha value is -2.61. The van der Waals surface area contributed by atoms with Crippen LogP contribution in [0.15, 0.2) is 47.1 Å². The number of nitrogens with one attached hydrogen (secondary N) is 1. The molecule has 0 aliphatic rings. The highest BCUT2D eigenvalue weighted by molar-refractivity contribution is 9.10. The van der Waals surface area contributed by atoms with Crippen LogP contribution in [0.3, 0.4) is 0 Å². The third-order valence-electron chi connectivity index (χ3n) is 3.94. The van der Waals surface area contributed by atoms with Gasteiger partial charge in [-0.05, 0) is 73.0 Å². The van der Waals surface area contributed by atoms with Crippen molar-refractivity contribution < 1.29 is 18.3 Å². The molecule has 1 amide bonds. The number of amides is 1. The van der Waals surface area contributed by atoms with E-state index in [9.17, 15) is 13.6 Å². The topological polar surface area (TPSA) is 64.1 Å². The Morgan fingerprint density at radius 2 is 1.69 bits per heavy atom. The molecule has 3 aromatic rings. The number of hydrogen-bond acceptors (Lipinski definition) is 4. The van der Waals surface area contributed by atoms with Gasteiger partial charge in [0.05, 0.1) is 22.8 Å². The maximum Gasteiger partial charge on any atom is 0.408 e. The first-order chi connectivity index (χ1) is 13.6. The van der Waals surface area contributed by atoms with Crippen LogP contribution in [0, 0.1) is 11.6 Å². The zero-order chi connectivity index (χ0) is 21.2. The van der Waals surface area contributed by atoms with Crippen molar-refractivity contribution in [3.05, 3.63) is 70.0 Å². The first kappa shape index (κ1) is 21.1.